The monoisotopic (exact) mass is 311 g/mol. The molecule has 2 amide bonds. The summed E-state index contributed by atoms with van der Waals surface area (Å²) in [7, 11) is 1.67. The molecule has 1 N–H and O–H groups in total. The predicted molar refractivity (Wildman–Crippen MR) is 92.2 cm³/mol. The zero-order valence-corrected chi connectivity index (χ0v) is 13.2. The fraction of sp³-hybridized carbons (Fsp3) is 0.278. The van der Waals surface area contributed by atoms with Crippen molar-refractivity contribution in [1.29, 1.82) is 0 Å². The minimum atomic E-state index is -0.0365. The topological polar surface area (TPSA) is 44.8 Å². The Hall–Kier alpha value is -2.69. The summed E-state index contributed by atoms with van der Waals surface area (Å²) in [4.78, 5) is 16.4. The van der Waals surface area contributed by atoms with E-state index >= 15 is 0 Å². The zero-order valence-electron chi connectivity index (χ0n) is 13.2. The zero-order chi connectivity index (χ0) is 16.1. The number of benzene rings is 2. The first-order valence-corrected chi connectivity index (χ1v) is 7.76. The lowest BCUT2D eigenvalue weighted by Crippen LogP contribution is -2.50. The SMILES string of the molecule is COc1ccc(N2CCN(C(=O)Nc3ccccc3)CC2)cc1. The van der Waals surface area contributed by atoms with Gasteiger partial charge in [-0.15, -0.1) is 0 Å². The molecule has 0 aromatic heterocycles. The number of ether oxygens (including phenoxy) is 1. The van der Waals surface area contributed by atoms with Gasteiger partial charge in [-0.2, -0.15) is 0 Å². The van der Waals surface area contributed by atoms with Gasteiger partial charge in [0.25, 0.3) is 0 Å². The summed E-state index contributed by atoms with van der Waals surface area (Å²) in [6.45, 7) is 3.08. The van der Waals surface area contributed by atoms with Crippen molar-refractivity contribution in [3.63, 3.8) is 0 Å². The van der Waals surface area contributed by atoms with Crippen LogP contribution in [-0.2, 0) is 0 Å². The number of carbonyl (C=O) groups excluding carboxylic acids is 1. The van der Waals surface area contributed by atoms with E-state index < -0.39 is 0 Å². The van der Waals surface area contributed by atoms with Crippen molar-refractivity contribution in [2.45, 2.75) is 0 Å². The maximum Gasteiger partial charge on any atom is 0.321 e. The second-order valence-corrected chi connectivity index (χ2v) is 5.47. The lowest BCUT2D eigenvalue weighted by atomic mass is 10.2. The van der Waals surface area contributed by atoms with Crippen LogP contribution in [0.1, 0.15) is 0 Å². The Kier molecular flexibility index (Phi) is 4.66. The number of nitrogens with zero attached hydrogens (tertiary/aromatic N) is 2. The lowest BCUT2D eigenvalue weighted by molar-refractivity contribution is 0.208. The summed E-state index contributed by atoms with van der Waals surface area (Å²) in [5.41, 5.74) is 1.99. The summed E-state index contributed by atoms with van der Waals surface area (Å²) in [5, 5.41) is 2.93. The van der Waals surface area contributed by atoms with E-state index in [2.05, 4.69) is 22.3 Å². The lowest BCUT2D eigenvalue weighted by Gasteiger charge is -2.36. The van der Waals surface area contributed by atoms with Crippen molar-refractivity contribution in [3.05, 3.63) is 54.6 Å². The largest absolute Gasteiger partial charge is 0.497 e. The van der Waals surface area contributed by atoms with Crippen LogP contribution < -0.4 is 15.0 Å². The molecular formula is C18H21N3O2. The molecule has 5 nitrogen and oxygen atoms in total. The van der Waals surface area contributed by atoms with Gasteiger partial charge >= 0.3 is 6.03 Å². The molecule has 0 bridgehead atoms. The molecule has 1 heterocycles. The molecule has 0 spiro atoms. The predicted octanol–water partition coefficient (Wildman–Crippen LogP) is 3.05. The molecule has 1 saturated heterocycles. The number of piperazine rings is 1. The number of methoxy groups -OCH3 is 1. The number of para-hydroxylation sites is 1. The molecule has 3 rings (SSSR count). The third kappa shape index (κ3) is 3.74. The van der Waals surface area contributed by atoms with E-state index in [9.17, 15) is 4.79 Å². The molecule has 23 heavy (non-hydrogen) atoms. The quantitative estimate of drug-likeness (QED) is 0.947. The van der Waals surface area contributed by atoms with E-state index in [1.165, 1.54) is 0 Å². The van der Waals surface area contributed by atoms with Crippen molar-refractivity contribution in [3.8, 4) is 5.75 Å². The molecule has 0 radical (unpaired) electrons. The maximum absolute atomic E-state index is 12.3. The highest BCUT2D eigenvalue weighted by molar-refractivity contribution is 5.89. The van der Waals surface area contributed by atoms with E-state index in [1.54, 1.807) is 7.11 Å². The van der Waals surface area contributed by atoms with Crippen LogP contribution in [0.4, 0.5) is 16.2 Å². The highest BCUT2D eigenvalue weighted by atomic mass is 16.5. The fourth-order valence-corrected chi connectivity index (χ4v) is 2.68. The summed E-state index contributed by atoms with van der Waals surface area (Å²) in [6, 6.07) is 17.5. The van der Waals surface area contributed by atoms with E-state index in [0.717, 1.165) is 30.2 Å². The van der Waals surface area contributed by atoms with Crippen LogP contribution in [0, 0.1) is 0 Å². The fourth-order valence-electron chi connectivity index (χ4n) is 2.68. The number of anilines is 2. The second-order valence-electron chi connectivity index (χ2n) is 5.47. The average molecular weight is 311 g/mol. The molecule has 0 saturated carbocycles. The summed E-state index contributed by atoms with van der Waals surface area (Å²) in [6.07, 6.45) is 0. The van der Waals surface area contributed by atoms with E-state index in [1.807, 2.05) is 47.4 Å². The van der Waals surface area contributed by atoms with Crippen LogP contribution in [-0.4, -0.2) is 44.2 Å². The molecule has 0 atom stereocenters. The van der Waals surface area contributed by atoms with Gasteiger partial charge in [0, 0.05) is 37.6 Å². The standard InChI is InChI=1S/C18H21N3O2/c1-23-17-9-7-16(8-10-17)20-11-13-21(14-12-20)18(22)19-15-5-3-2-4-6-15/h2-10H,11-14H2,1H3,(H,19,22). The van der Waals surface area contributed by atoms with Gasteiger partial charge in [0.15, 0.2) is 0 Å². The van der Waals surface area contributed by atoms with Gasteiger partial charge in [0.1, 0.15) is 5.75 Å². The van der Waals surface area contributed by atoms with Gasteiger partial charge in [-0.05, 0) is 36.4 Å². The molecule has 5 heteroatoms. The first-order valence-electron chi connectivity index (χ1n) is 7.76. The Morgan fingerprint density at radius 1 is 0.957 bits per heavy atom. The Morgan fingerprint density at radius 2 is 1.61 bits per heavy atom. The Labute approximate surface area is 136 Å². The van der Waals surface area contributed by atoms with Crippen LogP contribution in [0.5, 0.6) is 5.75 Å². The van der Waals surface area contributed by atoms with Gasteiger partial charge in [-0.25, -0.2) is 4.79 Å². The molecule has 0 unspecified atom stereocenters. The highest BCUT2D eigenvalue weighted by Crippen LogP contribution is 2.20. The van der Waals surface area contributed by atoms with Gasteiger partial charge in [0.05, 0.1) is 7.11 Å². The van der Waals surface area contributed by atoms with Crippen LogP contribution in [0.15, 0.2) is 54.6 Å². The molecule has 2 aromatic carbocycles. The first-order chi connectivity index (χ1) is 11.3. The number of carbonyl (C=O) groups is 1. The highest BCUT2D eigenvalue weighted by Gasteiger charge is 2.21. The normalized spacial score (nSPS) is 14.5. The van der Waals surface area contributed by atoms with E-state index in [4.69, 9.17) is 4.74 Å². The van der Waals surface area contributed by atoms with Crippen molar-refractivity contribution < 1.29 is 9.53 Å². The molecule has 1 fully saturated rings. The molecule has 1 aliphatic heterocycles. The van der Waals surface area contributed by atoms with Gasteiger partial charge < -0.3 is 19.9 Å². The van der Waals surface area contributed by atoms with E-state index in [-0.39, 0.29) is 6.03 Å². The number of hydrogen-bond acceptors (Lipinski definition) is 3. The number of nitrogens with one attached hydrogen (secondary N) is 1. The average Bonchev–Trinajstić information content (AvgIpc) is 2.63. The van der Waals surface area contributed by atoms with Crippen LogP contribution in [0.2, 0.25) is 0 Å². The number of amides is 2. The van der Waals surface area contributed by atoms with E-state index in [0.29, 0.717) is 13.1 Å². The minimum absolute atomic E-state index is 0.0365. The second kappa shape index (κ2) is 7.05. The third-order valence-corrected chi connectivity index (χ3v) is 4.03. The Bertz CT molecular complexity index is 635. The summed E-state index contributed by atoms with van der Waals surface area (Å²) in [5.74, 6) is 0.856. The summed E-state index contributed by atoms with van der Waals surface area (Å²) >= 11 is 0. The molecule has 120 valence electrons. The summed E-state index contributed by atoms with van der Waals surface area (Å²) < 4.78 is 5.18. The smallest absolute Gasteiger partial charge is 0.321 e. The molecule has 1 aliphatic rings. The van der Waals surface area contributed by atoms with Crippen LogP contribution in [0.3, 0.4) is 0 Å². The van der Waals surface area contributed by atoms with Gasteiger partial charge in [0.2, 0.25) is 0 Å². The van der Waals surface area contributed by atoms with Gasteiger partial charge in [-0.1, -0.05) is 18.2 Å². The number of urea groups is 1. The van der Waals surface area contributed by atoms with Crippen molar-refractivity contribution in [2.24, 2.45) is 0 Å². The van der Waals surface area contributed by atoms with Crippen LogP contribution >= 0.6 is 0 Å². The molecule has 0 aliphatic carbocycles. The third-order valence-electron chi connectivity index (χ3n) is 4.03. The minimum Gasteiger partial charge on any atom is -0.497 e. The maximum atomic E-state index is 12.3. The molecule has 2 aromatic rings. The Morgan fingerprint density at radius 3 is 2.22 bits per heavy atom. The van der Waals surface area contributed by atoms with Gasteiger partial charge in [-0.3, -0.25) is 0 Å². The van der Waals surface area contributed by atoms with Crippen LogP contribution in [0.25, 0.3) is 0 Å². The Balaban J connectivity index is 1.54. The number of hydrogen-bond donors (Lipinski definition) is 1. The van der Waals surface area contributed by atoms with Crippen molar-refractivity contribution in [1.82, 2.24) is 4.90 Å². The molecular weight excluding hydrogens is 290 g/mol. The van der Waals surface area contributed by atoms with Crippen molar-refractivity contribution >= 4 is 17.4 Å². The first kappa shape index (κ1) is 15.2. The number of rotatable bonds is 3. The van der Waals surface area contributed by atoms with Crippen molar-refractivity contribution in [2.75, 3.05) is 43.5 Å².